The lowest BCUT2D eigenvalue weighted by molar-refractivity contribution is 0.0103. The average molecular weight is 337 g/mol. The van der Waals surface area contributed by atoms with Crippen LogP contribution in [0, 0.1) is 17.2 Å². The smallest absolute Gasteiger partial charge is 0.123 e. The highest BCUT2D eigenvalue weighted by Gasteiger charge is 2.29. The largest absolute Gasteiger partial charge is 0.490 e. The zero-order valence-corrected chi connectivity index (χ0v) is 14.1. The topological polar surface area (TPSA) is 73.5 Å². The summed E-state index contributed by atoms with van der Waals surface area (Å²) in [6.07, 6.45) is 2.23. The predicted molar refractivity (Wildman–Crippen MR) is 95.3 cm³/mol. The normalized spacial score (nSPS) is 23.0. The van der Waals surface area contributed by atoms with Gasteiger partial charge in [-0.15, -0.1) is 0 Å². The van der Waals surface area contributed by atoms with E-state index in [9.17, 15) is 10.2 Å². The molecule has 0 amide bonds. The molecule has 2 unspecified atom stereocenters. The second-order valence-electron chi connectivity index (χ2n) is 6.74. The molecule has 0 saturated heterocycles. The second kappa shape index (κ2) is 8.15. The number of nitrogens with zero attached hydrogens (tertiary/aromatic N) is 1. The summed E-state index contributed by atoms with van der Waals surface area (Å²) >= 11 is 0. The van der Waals surface area contributed by atoms with Crippen molar-refractivity contribution in [2.45, 2.75) is 37.9 Å². The van der Waals surface area contributed by atoms with Gasteiger partial charge in [0.25, 0.3) is 0 Å². The van der Waals surface area contributed by atoms with Crippen LogP contribution in [0.25, 0.3) is 0 Å². The Labute approximate surface area is 148 Å². The summed E-state index contributed by atoms with van der Waals surface area (Å²) in [5, 5.41) is 28.3. The fraction of sp³-hybridized carbons (Fsp3) is 0.381. The molecule has 0 spiro atoms. The van der Waals surface area contributed by atoms with Gasteiger partial charge in [-0.25, -0.2) is 0 Å². The van der Waals surface area contributed by atoms with Gasteiger partial charge in [0.15, 0.2) is 0 Å². The highest BCUT2D eigenvalue weighted by Crippen LogP contribution is 2.30. The SMILES string of the molecule is N#Cc1ccc(Cc2ccccc2O[C@H]2CC(O)CC(CO)C2)cc1. The molecule has 3 rings (SSSR count). The van der Waals surface area contributed by atoms with Gasteiger partial charge in [-0.05, 0) is 48.1 Å². The summed E-state index contributed by atoms with van der Waals surface area (Å²) in [5.74, 6) is 0.919. The molecule has 4 heteroatoms. The molecular formula is C21H23NO3. The Kier molecular flexibility index (Phi) is 5.70. The van der Waals surface area contributed by atoms with Crippen LogP contribution in [0.5, 0.6) is 5.75 Å². The van der Waals surface area contributed by atoms with Gasteiger partial charge in [0.05, 0.1) is 17.7 Å². The lowest BCUT2D eigenvalue weighted by Crippen LogP contribution is -2.34. The molecule has 0 aromatic heterocycles. The molecule has 1 aliphatic rings. The van der Waals surface area contributed by atoms with Crippen molar-refractivity contribution < 1.29 is 14.9 Å². The number of para-hydroxylation sites is 1. The summed E-state index contributed by atoms with van der Waals surface area (Å²) < 4.78 is 6.18. The minimum Gasteiger partial charge on any atom is -0.490 e. The molecule has 0 radical (unpaired) electrons. The molecule has 3 atom stereocenters. The van der Waals surface area contributed by atoms with Gasteiger partial charge < -0.3 is 14.9 Å². The van der Waals surface area contributed by atoms with Gasteiger partial charge in [-0.3, -0.25) is 0 Å². The van der Waals surface area contributed by atoms with E-state index >= 15 is 0 Å². The summed E-state index contributed by atoms with van der Waals surface area (Å²) in [6.45, 7) is 0.0871. The maximum absolute atomic E-state index is 10.00. The van der Waals surface area contributed by atoms with Crippen LogP contribution in [0.15, 0.2) is 48.5 Å². The Hall–Kier alpha value is -2.35. The van der Waals surface area contributed by atoms with E-state index in [1.165, 1.54) is 0 Å². The Balaban J connectivity index is 1.73. The number of ether oxygens (including phenoxy) is 1. The van der Waals surface area contributed by atoms with Crippen molar-refractivity contribution in [2.24, 2.45) is 5.92 Å². The molecule has 2 N–H and O–H groups in total. The number of rotatable bonds is 5. The van der Waals surface area contributed by atoms with Crippen LogP contribution in [0.4, 0.5) is 0 Å². The third kappa shape index (κ3) is 4.60. The first-order valence-electron chi connectivity index (χ1n) is 8.70. The maximum Gasteiger partial charge on any atom is 0.123 e. The van der Waals surface area contributed by atoms with Crippen LogP contribution >= 0.6 is 0 Å². The van der Waals surface area contributed by atoms with Gasteiger partial charge >= 0.3 is 0 Å². The minimum atomic E-state index is -0.415. The molecule has 1 fully saturated rings. The number of aliphatic hydroxyl groups excluding tert-OH is 2. The Bertz CT molecular complexity index is 736. The van der Waals surface area contributed by atoms with Crippen molar-refractivity contribution in [2.75, 3.05) is 6.61 Å². The van der Waals surface area contributed by atoms with E-state index in [0.717, 1.165) is 29.7 Å². The molecular weight excluding hydrogens is 314 g/mol. The highest BCUT2D eigenvalue weighted by atomic mass is 16.5. The third-order valence-electron chi connectivity index (χ3n) is 4.74. The minimum absolute atomic E-state index is 0.0805. The van der Waals surface area contributed by atoms with Crippen molar-refractivity contribution in [3.05, 3.63) is 65.2 Å². The molecule has 25 heavy (non-hydrogen) atoms. The van der Waals surface area contributed by atoms with Crippen LogP contribution < -0.4 is 4.74 Å². The van der Waals surface area contributed by atoms with E-state index in [2.05, 4.69) is 6.07 Å². The lowest BCUT2D eigenvalue weighted by Gasteiger charge is -2.32. The standard InChI is InChI=1S/C21H23NO3/c22-13-16-7-5-15(6-8-16)9-18-3-1-2-4-21(18)25-20-11-17(14-23)10-19(24)12-20/h1-8,17,19-20,23-24H,9-12,14H2/t17?,19?,20-/m1/s1. The fourth-order valence-corrected chi connectivity index (χ4v) is 3.46. The van der Waals surface area contributed by atoms with Gasteiger partial charge in [0, 0.05) is 19.4 Å². The Morgan fingerprint density at radius 1 is 1.04 bits per heavy atom. The van der Waals surface area contributed by atoms with E-state index in [1.54, 1.807) is 0 Å². The van der Waals surface area contributed by atoms with Gasteiger partial charge in [-0.2, -0.15) is 5.26 Å². The van der Waals surface area contributed by atoms with Gasteiger partial charge in [-0.1, -0.05) is 30.3 Å². The Morgan fingerprint density at radius 2 is 1.80 bits per heavy atom. The van der Waals surface area contributed by atoms with Crippen LogP contribution in [-0.2, 0) is 6.42 Å². The predicted octanol–water partition coefficient (Wildman–Crippen LogP) is 3.05. The highest BCUT2D eigenvalue weighted by molar-refractivity contribution is 5.39. The lowest BCUT2D eigenvalue weighted by atomic mass is 9.86. The maximum atomic E-state index is 10.00. The van der Waals surface area contributed by atoms with Crippen LogP contribution in [0.3, 0.4) is 0 Å². The summed E-state index contributed by atoms with van der Waals surface area (Å²) in [4.78, 5) is 0. The number of aliphatic hydroxyl groups is 2. The van der Waals surface area contributed by atoms with Crippen molar-refractivity contribution in [3.8, 4) is 11.8 Å². The molecule has 130 valence electrons. The van der Waals surface area contributed by atoms with Gasteiger partial charge in [0.2, 0.25) is 0 Å². The summed E-state index contributed by atoms with van der Waals surface area (Å²) in [5.41, 5.74) is 2.85. The average Bonchev–Trinajstić information content (AvgIpc) is 2.63. The number of hydrogen-bond acceptors (Lipinski definition) is 4. The molecule has 0 bridgehead atoms. The molecule has 0 heterocycles. The number of nitriles is 1. The van der Waals surface area contributed by atoms with E-state index in [-0.39, 0.29) is 18.6 Å². The van der Waals surface area contributed by atoms with E-state index in [4.69, 9.17) is 10.00 Å². The van der Waals surface area contributed by atoms with E-state index in [1.807, 2.05) is 48.5 Å². The molecule has 4 nitrogen and oxygen atoms in total. The zero-order chi connectivity index (χ0) is 17.6. The molecule has 0 aliphatic heterocycles. The first-order chi connectivity index (χ1) is 12.2. The van der Waals surface area contributed by atoms with Crippen LogP contribution in [-0.4, -0.2) is 29.0 Å². The zero-order valence-electron chi connectivity index (χ0n) is 14.1. The molecule has 2 aromatic rings. The van der Waals surface area contributed by atoms with E-state index in [0.29, 0.717) is 18.4 Å². The second-order valence-corrected chi connectivity index (χ2v) is 6.74. The monoisotopic (exact) mass is 337 g/mol. The Morgan fingerprint density at radius 3 is 2.52 bits per heavy atom. The fourth-order valence-electron chi connectivity index (χ4n) is 3.46. The quantitative estimate of drug-likeness (QED) is 0.879. The summed E-state index contributed by atoms with van der Waals surface area (Å²) in [7, 11) is 0. The third-order valence-corrected chi connectivity index (χ3v) is 4.74. The molecule has 1 aliphatic carbocycles. The first-order valence-corrected chi connectivity index (χ1v) is 8.70. The van der Waals surface area contributed by atoms with Crippen molar-refractivity contribution in [1.29, 1.82) is 5.26 Å². The number of benzene rings is 2. The van der Waals surface area contributed by atoms with Gasteiger partial charge in [0.1, 0.15) is 11.9 Å². The van der Waals surface area contributed by atoms with E-state index < -0.39 is 6.10 Å². The number of hydrogen-bond donors (Lipinski definition) is 2. The van der Waals surface area contributed by atoms with Crippen molar-refractivity contribution in [3.63, 3.8) is 0 Å². The van der Waals surface area contributed by atoms with Crippen molar-refractivity contribution >= 4 is 0 Å². The first kappa shape index (κ1) is 17.5. The molecule has 2 aromatic carbocycles. The van der Waals surface area contributed by atoms with Crippen LogP contribution in [0.1, 0.15) is 36.0 Å². The molecule has 1 saturated carbocycles. The van der Waals surface area contributed by atoms with Crippen molar-refractivity contribution in [1.82, 2.24) is 0 Å². The summed E-state index contributed by atoms with van der Waals surface area (Å²) in [6, 6.07) is 17.6. The van der Waals surface area contributed by atoms with Crippen LogP contribution in [0.2, 0.25) is 0 Å².